The molecule has 10 heteroatoms. The molecule has 2 aromatic heterocycles. The van der Waals surface area contributed by atoms with Crippen LogP contribution in [0.3, 0.4) is 0 Å². The molecule has 0 unspecified atom stereocenters. The Kier molecular flexibility index (Phi) is 6.93. The predicted octanol–water partition coefficient (Wildman–Crippen LogP) is 4.23. The van der Waals surface area contributed by atoms with Crippen LogP contribution in [-0.4, -0.2) is 63.3 Å². The number of pyridine rings is 1. The molecular weight excluding hydrogens is 455 g/mol. The van der Waals surface area contributed by atoms with Crippen molar-refractivity contribution < 1.29 is 28.5 Å². The Morgan fingerprint density at radius 2 is 1.89 bits per heavy atom. The van der Waals surface area contributed by atoms with E-state index in [-0.39, 0.29) is 18.6 Å². The van der Waals surface area contributed by atoms with Gasteiger partial charge in [-0.3, -0.25) is 4.68 Å². The smallest absolute Gasteiger partial charge is 0.410 e. The molecule has 0 aliphatic carbocycles. The number of aromatic nitrogens is 3. The second-order valence-corrected chi connectivity index (χ2v) is 9.19. The molecule has 0 bridgehead atoms. The number of rotatable bonds is 6. The van der Waals surface area contributed by atoms with Crippen LogP contribution >= 0.6 is 0 Å². The lowest BCUT2D eigenvalue weighted by Gasteiger charge is -2.30. The van der Waals surface area contributed by atoms with Crippen LogP contribution in [0.2, 0.25) is 0 Å². The molecule has 35 heavy (non-hydrogen) atoms. The summed E-state index contributed by atoms with van der Waals surface area (Å²) in [4.78, 5) is 18.5. The SMILES string of the molecule is COCCOc1cc(F)ccc1-c1ccc(O)nc1-c1cc2n(n1)CCN(C(=O)OC(C)(C)C)C2. The van der Waals surface area contributed by atoms with E-state index in [2.05, 4.69) is 10.1 Å². The first-order valence-corrected chi connectivity index (χ1v) is 11.3. The van der Waals surface area contributed by atoms with Crippen molar-refractivity contribution in [2.24, 2.45) is 0 Å². The summed E-state index contributed by atoms with van der Waals surface area (Å²) in [5.41, 5.74) is 2.38. The van der Waals surface area contributed by atoms with Crippen molar-refractivity contribution in [2.75, 3.05) is 26.9 Å². The Bertz CT molecular complexity index is 1220. The minimum Gasteiger partial charge on any atom is -0.493 e. The summed E-state index contributed by atoms with van der Waals surface area (Å²) in [6.45, 7) is 7.35. The molecule has 3 aromatic rings. The van der Waals surface area contributed by atoms with Gasteiger partial charge in [0.2, 0.25) is 5.88 Å². The highest BCUT2D eigenvalue weighted by molar-refractivity contribution is 5.83. The number of ether oxygens (including phenoxy) is 3. The number of nitrogens with zero attached hydrogens (tertiary/aromatic N) is 4. The van der Waals surface area contributed by atoms with Gasteiger partial charge in [-0.1, -0.05) is 0 Å². The van der Waals surface area contributed by atoms with Crippen LogP contribution in [0.15, 0.2) is 36.4 Å². The molecule has 0 radical (unpaired) electrons. The third kappa shape index (κ3) is 5.71. The highest BCUT2D eigenvalue weighted by Crippen LogP contribution is 2.38. The van der Waals surface area contributed by atoms with E-state index in [1.807, 2.05) is 31.5 Å². The maximum atomic E-state index is 14.0. The van der Waals surface area contributed by atoms with E-state index >= 15 is 0 Å². The lowest BCUT2D eigenvalue weighted by molar-refractivity contribution is 0.0194. The third-order valence-electron chi connectivity index (χ3n) is 5.35. The zero-order valence-electron chi connectivity index (χ0n) is 20.2. The van der Waals surface area contributed by atoms with Gasteiger partial charge in [0.1, 0.15) is 35.2 Å². The fraction of sp³-hybridized carbons (Fsp3) is 0.400. The van der Waals surface area contributed by atoms with Crippen LogP contribution in [0.25, 0.3) is 22.5 Å². The van der Waals surface area contributed by atoms with Gasteiger partial charge in [0, 0.05) is 36.9 Å². The van der Waals surface area contributed by atoms with Crippen LogP contribution in [0.5, 0.6) is 11.6 Å². The number of benzene rings is 1. The number of amides is 1. The first-order chi connectivity index (χ1) is 16.6. The second kappa shape index (κ2) is 9.91. The number of aromatic hydroxyl groups is 1. The van der Waals surface area contributed by atoms with Gasteiger partial charge in [-0.25, -0.2) is 14.2 Å². The van der Waals surface area contributed by atoms with E-state index in [9.17, 15) is 14.3 Å². The average Bonchev–Trinajstić information content (AvgIpc) is 3.22. The molecular formula is C25H29FN4O5. The number of fused-ring (bicyclic) bond motifs is 1. The van der Waals surface area contributed by atoms with E-state index in [1.54, 1.807) is 24.1 Å². The van der Waals surface area contributed by atoms with Crippen LogP contribution in [0.1, 0.15) is 26.5 Å². The molecule has 186 valence electrons. The molecule has 9 nitrogen and oxygen atoms in total. The second-order valence-electron chi connectivity index (χ2n) is 9.19. The Labute approximate surface area is 203 Å². The first-order valence-electron chi connectivity index (χ1n) is 11.3. The largest absolute Gasteiger partial charge is 0.493 e. The number of carbonyl (C=O) groups is 1. The highest BCUT2D eigenvalue weighted by atomic mass is 19.1. The molecule has 0 saturated carbocycles. The minimum atomic E-state index is -0.585. The Morgan fingerprint density at radius 1 is 1.11 bits per heavy atom. The van der Waals surface area contributed by atoms with Crippen molar-refractivity contribution >= 4 is 6.09 Å². The molecule has 1 aliphatic rings. The maximum Gasteiger partial charge on any atom is 0.410 e. The molecule has 0 fully saturated rings. The van der Waals surface area contributed by atoms with Crippen molar-refractivity contribution in [3.63, 3.8) is 0 Å². The fourth-order valence-electron chi connectivity index (χ4n) is 3.80. The van der Waals surface area contributed by atoms with Gasteiger partial charge >= 0.3 is 6.09 Å². The van der Waals surface area contributed by atoms with Crippen molar-refractivity contribution in [1.82, 2.24) is 19.7 Å². The van der Waals surface area contributed by atoms with Crippen molar-refractivity contribution in [2.45, 2.75) is 39.5 Å². The number of hydrogen-bond acceptors (Lipinski definition) is 7. The van der Waals surface area contributed by atoms with Crippen molar-refractivity contribution in [3.8, 4) is 34.1 Å². The highest BCUT2D eigenvalue weighted by Gasteiger charge is 2.28. The van der Waals surface area contributed by atoms with Gasteiger partial charge in [0.15, 0.2) is 0 Å². The van der Waals surface area contributed by atoms with Gasteiger partial charge in [0.25, 0.3) is 0 Å². The van der Waals surface area contributed by atoms with Gasteiger partial charge in [-0.2, -0.15) is 5.10 Å². The summed E-state index contributed by atoms with van der Waals surface area (Å²) in [7, 11) is 1.56. The molecule has 1 aliphatic heterocycles. The number of hydrogen-bond donors (Lipinski definition) is 1. The molecule has 3 heterocycles. The lowest BCUT2D eigenvalue weighted by Crippen LogP contribution is -2.41. The minimum absolute atomic E-state index is 0.172. The van der Waals surface area contributed by atoms with Crippen LogP contribution in [-0.2, 0) is 22.6 Å². The summed E-state index contributed by atoms with van der Waals surface area (Å²) in [6.07, 6.45) is -0.383. The zero-order valence-corrected chi connectivity index (χ0v) is 20.2. The molecule has 0 atom stereocenters. The summed E-state index contributed by atoms with van der Waals surface area (Å²) in [5, 5.41) is 14.8. The average molecular weight is 485 g/mol. The quantitative estimate of drug-likeness (QED) is 0.523. The molecule has 0 saturated heterocycles. The molecule has 1 aromatic carbocycles. The number of halogens is 1. The van der Waals surface area contributed by atoms with E-state index < -0.39 is 11.4 Å². The van der Waals surface area contributed by atoms with E-state index in [1.165, 1.54) is 18.2 Å². The summed E-state index contributed by atoms with van der Waals surface area (Å²) in [5.74, 6) is -0.279. The van der Waals surface area contributed by atoms with E-state index in [4.69, 9.17) is 14.2 Å². The Balaban J connectivity index is 1.68. The van der Waals surface area contributed by atoms with E-state index in [0.717, 1.165) is 5.69 Å². The van der Waals surface area contributed by atoms with Gasteiger partial charge < -0.3 is 24.2 Å². The molecule has 4 rings (SSSR count). The van der Waals surface area contributed by atoms with Crippen molar-refractivity contribution in [3.05, 3.63) is 47.9 Å². The third-order valence-corrected chi connectivity index (χ3v) is 5.35. The number of methoxy groups -OCH3 is 1. The predicted molar refractivity (Wildman–Crippen MR) is 127 cm³/mol. The van der Waals surface area contributed by atoms with Crippen LogP contribution in [0, 0.1) is 5.82 Å². The van der Waals surface area contributed by atoms with Crippen LogP contribution < -0.4 is 4.74 Å². The van der Waals surface area contributed by atoms with Crippen molar-refractivity contribution in [1.29, 1.82) is 0 Å². The molecule has 0 spiro atoms. The summed E-state index contributed by atoms with van der Waals surface area (Å²) >= 11 is 0. The normalized spacial score (nSPS) is 13.5. The van der Waals surface area contributed by atoms with Gasteiger partial charge in [-0.05, 0) is 45.0 Å². The molecule has 1 amide bonds. The summed E-state index contributed by atoms with van der Waals surface area (Å²) < 4.78 is 32.1. The maximum absolute atomic E-state index is 14.0. The monoisotopic (exact) mass is 484 g/mol. The molecule has 1 N–H and O–H groups in total. The van der Waals surface area contributed by atoms with Gasteiger partial charge in [-0.15, -0.1) is 0 Å². The summed E-state index contributed by atoms with van der Waals surface area (Å²) in [6, 6.07) is 9.23. The Morgan fingerprint density at radius 3 is 2.63 bits per heavy atom. The fourth-order valence-corrected chi connectivity index (χ4v) is 3.80. The Hall–Kier alpha value is -3.66. The van der Waals surface area contributed by atoms with E-state index in [0.29, 0.717) is 54.5 Å². The van der Waals surface area contributed by atoms with Gasteiger partial charge in [0.05, 0.1) is 25.4 Å². The zero-order chi connectivity index (χ0) is 25.2. The topological polar surface area (TPSA) is 98.9 Å². The van der Waals surface area contributed by atoms with Crippen LogP contribution in [0.4, 0.5) is 9.18 Å². The number of carbonyl (C=O) groups excluding carboxylic acids is 1. The standard InChI is InChI=1S/C25H29FN4O5/c1-25(2,3)35-24(32)29-9-10-30-17(15-29)14-20(28-30)23-19(7-8-22(31)27-23)18-6-5-16(26)13-21(18)34-12-11-33-4/h5-8,13-14H,9-12,15H2,1-4H3,(H,27,31). The first kappa shape index (κ1) is 24.5. The lowest BCUT2D eigenvalue weighted by atomic mass is 10.0.